The highest BCUT2D eigenvalue weighted by Gasteiger charge is 2.19. The summed E-state index contributed by atoms with van der Waals surface area (Å²) in [6, 6.07) is 18.1. The van der Waals surface area contributed by atoms with Crippen molar-refractivity contribution in [1.82, 2.24) is 0 Å². The molecule has 0 aliphatic heterocycles. The summed E-state index contributed by atoms with van der Waals surface area (Å²) in [5.74, 6) is -0.350. The maximum atomic E-state index is 12.6. The van der Waals surface area contributed by atoms with Gasteiger partial charge in [-0.3, -0.25) is 4.79 Å². The van der Waals surface area contributed by atoms with Crippen molar-refractivity contribution < 1.29 is 33.3 Å². The Kier molecular flexibility index (Phi) is 7.64. The number of hydrogen-bond donors (Lipinski definition) is 1. The number of amides is 1. The van der Waals surface area contributed by atoms with E-state index in [0.29, 0.717) is 35.1 Å². The van der Waals surface area contributed by atoms with Gasteiger partial charge in [0.2, 0.25) is 0 Å². The van der Waals surface area contributed by atoms with Gasteiger partial charge in [0.15, 0.2) is 0 Å². The normalized spacial score (nSPS) is 10.2. The first-order valence-corrected chi connectivity index (χ1v) is 10.1. The van der Waals surface area contributed by atoms with Crippen LogP contribution in [0.15, 0.2) is 66.7 Å². The number of benzene rings is 3. The van der Waals surface area contributed by atoms with Crippen LogP contribution in [0.5, 0.6) is 17.2 Å². The summed E-state index contributed by atoms with van der Waals surface area (Å²) in [4.78, 5) is 36.6. The predicted molar refractivity (Wildman–Crippen MR) is 121 cm³/mol. The van der Waals surface area contributed by atoms with Crippen LogP contribution >= 0.6 is 0 Å². The molecule has 0 unspecified atom stereocenters. The highest BCUT2D eigenvalue weighted by molar-refractivity contribution is 6.06. The Bertz CT molecular complexity index is 1160. The molecule has 0 spiro atoms. The van der Waals surface area contributed by atoms with Gasteiger partial charge in [-0.05, 0) is 61.5 Å². The lowest BCUT2D eigenvalue weighted by molar-refractivity contribution is 0.0555. The lowest BCUT2D eigenvalue weighted by atomic mass is 10.1. The van der Waals surface area contributed by atoms with Gasteiger partial charge in [-0.15, -0.1) is 0 Å². The zero-order chi connectivity index (χ0) is 23.8. The molecule has 3 rings (SSSR count). The maximum absolute atomic E-state index is 12.6. The third kappa shape index (κ3) is 5.68. The average molecular weight is 449 g/mol. The van der Waals surface area contributed by atoms with Crippen LogP contribution in [0.2, 0.25) is 0 Å². The quantitative estimate of drug-likeness (QED) is 0.498. The fraction of sp³-hybridized carbons (Fsp3) is 0.160. The van der Waals surface area contributed by atoms with Crippen LogP contribution in [0.25, 0.3) is 0 Å². The van der Waals surface area contributed by atoms with Crippen LogP contribution in [-0.4, -0.2) is 38.7 Å². The molecular formula is C25H23NO7. The fourth-order valence-corrected chi connectivity index (χ4v) is 3.03. The van der Waals surface area contributed by atoms with Crippen molar-refractivity contribution >= 4 is 23.5 Å². The van der Waals surface area contributed by atoms with Crippen LogP contribution in [-0.2, 0) is 9.47 Å². The summed E-state index contributed by atoms with van der Waals surface area (Å²) in [5, 5.41) is 2.82. The van der Waals surface area contributed by atoms with Crippen molar-refractivity contribution in [2.45, 2.75) is 6.92 Å². The second kappa shape index (κ2) is 10.8. The number of carbonyl (C=O) groups excluding carboxylic acids is 3. The SMILES string of the molecule is CCOc1ccccc1C(=O)Nc1ccc(Oc2ccc(C(=O)OC)c(C(=O)OC)c2)cc1. The maximum Gasteiger partial charge on any atom is 0.338 e. The number of ether oxygens (including phenoxy) is 4. The van der Waals surface area contributed by atoms with E-state index in [9.17, 15) is 14.4 Å². The summed E-state index contributed by atoms with van der Waals surface area (Å²) in [7, 11) is 2.44. The largest absolute Gasteiger partial charge is 0.493 e. The molecule has 8 nitrogen and oxygen atoms in total. The Morgan fingerprint density at radius 3 is 2.06 bits per heavy atom. The van der Waals surface area contributed by atoms with Gasteiger partial charge in [0, 0.05) is 5.69 Å². The zero-order valence-corrected chi connectivity index (χ0v) is 18.4. The molecule has 1 N–H and O–H groups in total. The summed E-state index contributed by atoms with van der Waals surface area (Å²) in [6.07, 6.45) is 0. The lowest BCUT2D eigenvalue weighted by Crippen LogP contribution is -2.13. The minimum absolute atomic E-state index is 0.0266. The van der Waals surface area contributed by atoms with E-state index in [1.54, 1.807) is 54.6 Å². The van der Waals surface area contributed by atoms with E-state index in [1.165, 1.54) is 26.4 Å². The van der Waals surface area contributed by atoms with Crippen molar-refractivity contribution in [3.05, 3.63) is 83.4 Å². The zero-order valence-electron chi connectivity index (χ0n) is 18.4. The van der Waals surface area contributed by atoms with E-state index in [2.05, 4.69) is 5.32 Å². The number of anilines is 1. The van der Waals surface area contributed by atoms with Gasteiger partial charge in [-0.2, -0.15) is 0 Å². The monoisotopic (exact) mass is 449 g/mol. The molecule has 1 amide bonds. The van der Waals surface area contributed by atoms with E-state index in [0.717, 1.165) is 0 Å². The average Bonchev–Trinajstić information content (AvgIpc) is 2.84. The van der Waals surface area contributed by atoms with Crippen molar-refractivity contribution in [1.29, 1.82) is 0 Å². The lowest BCUT2D eigenvalue weighted by Gasteiger charge is -2.12. The third-order valence-corrected chi connectivity index (χ3v) is 4.58. The summed E-state index contributed by atoms with van der Waals surface area (Å²) in [5.41, 5.74) is 1.09. The molecule has 8 heteroatoms. The van der Waals surface area contributed by atoms with Gasteiger partial charge in [0.05, 0.1) is 37.5 Å². The molecule has 33 heavy (non-hydrogen) atoms. The second-order valence-electron chi connectivity index (χ2n) is 6.70. The molecule has 0 bridgehead atoms. The Morgan fingerprint density at radius 1 is 0.758 bits per heavy atom. The second-order valence-corrected chi connectivity index (χ2v) is 6.70. The predicted octanol–water partition coefficient (Wildman–Crippen LogP) is 4.70. The molecular weight excluding hydrogens is 426 g/mol. The van der Waals surface area contributed by atoms with Crippen LogP contribution in [0.4, 0.5) is 5.69 Å². The first-order valence-electron chi connectivity index (χ1n) is 10.1. The molecule has 0 heterocycles. The van der Waals surface area contributed by atoms with Crippen LogP contribution in [0.1, 0.15) is 38.0 Å². The molecule has 0 aromatic heterocycles. The van der Waals surface area contributed by atoms with Gasteiger partial charge in [-0.1, -0.05) is 12.1 Å². The number of methoxy groups -OCH3 is 2. The molecule has 0 fully saturated rings. The minimum atomic E-state index is -0.689. The number of nitrogens with one attached hydrogen (secondary N) is 1. The smallest absolute Gasteiger partial charge is 0.338 e. The van der Waals surface area contributed by atoms with E-state index in [1.807, 2.05) is 6.92 Å². The number of esters is 2. The number of rotatable bonds is 8. The van der Waals surface area contributed by atoms with E-state index < -0.39 is 11.9 Å². The molecule has 0 aliphatic rings. The molecule has 0 radical (unpaired) electrons. The standard InChI is InChI=1S/C25H23NO7/c1-4-32-22-8-6-5-7-20(22)23(27)26-16-9-11-17(12-10-16)33-18-13-14-19(24(28)30-2)21(15-18)25(29)31-3/h5-15H,4H2,1-3H3,(H,26,27). The Labute approximate surface area is 191 Å². The van der Waals surface area contributed by atoms with Gasteiger partial charge < -0.3 is 24.3 Å². The number of hydrogen-bond acceptors (Lipinski definition) is 7. The summed E-state index contributed by atoms with van der Waals surface area (Å²) < 4.78 is 20.7. The number of carbonyl (C=O) groups is 3. The van der Waals surface area contributed by atoms with Gasteiger partial charge in [0.25, 0.3) is 5.91 Å². The highest BCUT2D eigenvalue weighted by atomic mass is 16.5. The van der Waals surface area contributed by atoms with Crippen molar-refractivity contribution in [3.8, 4) is 17.2 Å². The number of para-hydroxylation sites is 1. The van der Waals surface area contributed by atoms with Gasteiger partial charge in [-0.25, -0.2) is 9.59 Å². The summed E-state index contributed by atoms with van der Waals surface area (Å²) in [6.45, 7) is 2.30. The highest BCUT2D eigenvalue weighted by Crippen LogP contribution is 2.27. The van der Waals surface area contributed by atoms with Crippen LogP contribution in [0, 0.1) is 0 Å². The molecule has 3 aromatic rings. The van der Waals surface area contributed by atoms with Gasteiger partial charge >= 0.3 is 11.9 Å². The summed E-state index contributed by atoms with van der Waals surface area (Å²) >= 11 is 0. The topological polar surface area (TPSA) is 100 Å². The third-order valence-electron chi connectivity index (χ3n) is 4.58. The molecule has 0 atom stereocenters. The van der Waals surface area contributed by atoms with Crippen molar-refractivity contribution in [2.75, 3.05) is 26.1 Å². The van der Waals surface area contributed by atoms with Gasteiger partial charge in [0.1, 0.15) is 17.2 Å². The van der Waals surface area contributed by atoms with Crippen molar-refractivity contribution in [2.24, 2.45) is 0 Å². The Morgan fingerprint density at radius 2 is 1.39 bits per heavy atom. The van der Waals surface area contributed by atoms with E-state index >= 15 is 0 Å². The molecule has 0 saturated carbocycles. The van der Waals surface area contributed by atoms with E-state index in [4.69, 9.17) is 18.9 Å². The Balaban J connectivity index is 1.74. The molecule has 170 valence electrons. The van der Waals surface area contributed by atoms with Crippen LogP contribution in [0.3, 0.4) is 0 Å². The van der Waals surface area contributed by atoms with E-state index in [-0.39, 0.29) is 17.0 Å². The molecule has 0 aliphatic carbocycles. The van der Waals surface area contributed by atoms with Crippen molar-refractivity contribution in [3.63, 3.8) is 0 Å². The van der Waals surface area contributed by atoms with Crippen LogP contribution < -0.4 is 14.8 Å². The first-order chi connectivity index (χ1) is 16.0. The molecule has 3 aromatic carbocycles. The minimum Gasteiger partial charge on any atom is -0.493 e. The Hall–Kier alpha value is -4.33. The fourth-order valence-electron chi connectivity index (χ4n) is 3.03. The first kappa shape index (κ1) is 23.3. The molecule has 0 saturated heterocycles.